The molecule has 118 heavy (non-hydrogen) atoms. The molecule has 21 rings (SSSR count). The van der Waals surface area contributed by atoms with Crippen LogP contribution < -0.4 is 4.74 Å². The van der Waals surface area contributed by atoms with Gasteiger partial charge in [-0.25, -0.2) is 34.9 Å². The molecule has 0 atom stereocenters. The van der Waals surface area contributed by atoms with Crippen molar-refractivity contribution in [2.24, 2.45) is 0 Å². The Morgan fingerprint density at radius 1 is 0.271 bits per heavy atom. The van der Waals surface area contributed by atoms with Gasteiger partial charge in [0.2, 0.25) is 0 Å². The summed E-state index contributed by atoms with van der Waals surface area (Å²) >= 11 is 0. The highest BCUT2D eigenvalue weighted by Gasteiger charge is 2.13. The normalized spacial score (nSPS) is 10.9. The number of pyridine rings is 7. The summed E-state index contributed by atoms with van der Waals surface area (Å²) in [6.45, 7) is 20.7. The van der Waals surface area contributed by atoms with E-state index in [9.17, 15) is 0 Å². The molecule has 7 aromatic carbocycles. The molecule has 582 valence electrons. The Bertz CT molecular complexity index is 6910. The number of imidazole rings is 7. The highest BCUT2D eigenvalue weighted by Crippen LogP contribution is 2.30. The average Bonchev–Trinajstić information content (AvgIpc) is 1.64. The predicted octanol–water partition coefficient (Wildman–Crippen LogP) is 24.4. The zero-order valence-corrected chi connectivity index (χ0v) is 68.4. The molecule has 0 saturated carbocycles. The second kappa shape index (κ2) is 36.1. The number of rotatable bonds is 9. The fourth-order valence-corrected chi connectivity index (χ4v) is 14.4. The minimum atomic E-state index is 0.860. The van der Waals surface area contributed by atoms with Gasteiger partial charge in [-0.15, -0.1) is 0 Å². The number of benzene rings is 7. The number of nitrogens with zero attached hydrogens (tertiary/aromatic N) is 14. The summed E-state index contributed by atoms with van der Waals surface area (Å²) in [6.07, 6.45) is 25.9. The Balaban J connectivity index is 0.000000108. The number of fused-ring (bicyclic) bond motifs is 7. The van der Waals surface area contributed by atoms with Crippen LogP contribution in [0.25, 0.3) is 118 Å². The Kier molecular flexibility index (Phi) is 24.0. The number of aryl methyl sites for hydroxylation is 10. The molecule has 0 spiro atoms. The first kappa shape index (κ1) is 78.4. The molecular formula is C103H94N14O. The summed E-state index contributed by atoms with van der Waals surface area (Å²) < 4.78 is 19.8. The molecule has 0 unspecified atom stereocenters. The van der Waals surface area contributed by atoms with Crippen molar-refractivity contribution in [2.75, 3.05) is 7.11 Å². The lowest BCUT2D eigenvalue weighted by atomic mass is 10.1. The van der Waals surface area contributed by atoms with Crippen LogP contribution >= 0.6 is 0 Å². The van der Waals surface area contributed by atoms with Gasteiger partial charge in [-0.2, -0.15) is 0 Å². The van der Waals surface area contributed by atoms with E-state index in [0.29, 0.717) is 0 Å². The first-order valence-corrected chi connectivity index (χ1v) is 39.7. The third-order valence-electron chi connectivity index (χ3n) is 20.3. The smallest absolute Gasteiger partial charge is 0.140 e. The van der Waals surface area contributed by atoms with E-state index in [2.05, 4.69) is 358 Å². The van der Waals surface area contributed by atoms with Crippen LogP contribution in [0.3, 0.4) is 0 Å². The molecule has 0 aliphatic heterocycles. The van der Waals surface area contributed by atoms with Crippen LogP contribution in [0, 0.1) is 62.3 Å². The average molecular weight is 1540 g/mol. The van der Waals surface area contributed by atoms with Crippen LogP contribution in [0.2, 0.25) is 0 Å². The van der Waals surface area contributed by atoms with Gasteiger partial charge < -0.3 is 26.7 Å². The van der Waals surface area contributed by atoms with Gasteiger partial charge in [0.15, 0.2) is 0 Å². The van der Waals surface area contributed by atoms with Gasteiger partial charge in [0, 0.05) is 91.1 Å². The van der Waals surface area contributed by atoms with Gasteiger partial charge in [0.1, 0.15) is 45.3 Å². The summed E-state index contributed by atoms with van der Waals surface area (Å²) in [5.74, 6) is 0.860. The third-order valence-corrected chi connectivity index (χ3v) is 20.3. The molecule has 0 fully saturated rings. The van der Waals surface area contributed by atoms with Crippen molar-refractivity contribution in [1.29, 1.82) is 0 Å². The van der Waals surface area contributed by atoms with Crippen molar-refractivity contribution in [2.45, 2.75) is 75.7 Å². The van der Waals surface area contributed by atoms with Crippen LogP contribution in [0.1, 0.15) is 63.2 Å². The molecular weight excluding hydrogens is 1450 g/mol. The van der Waals surface area contributed by atoms with Gasteiger partial charge in [0.05, 0.1) is 58.4 Å². The predicted molar refractivity (Wildman–Crippen MR) is 483 cm³/mol. The first-order valence-electron chi connectivity index (χ1n) is 39.7. The summed E-state index contributed by atoms with van der Waals surface area (Å²) in [5, 5.41) is 0. The van der Waals surface area contributed by atoms with Crippen molar-refractivity contribution in [3.8, 4) is 84.2 Å². The van der Waals surface area contributed by atoms with Gasteiger partial charge in [-0.3, -0.25) is 8.80 Å². The van der Waals surface area contributed by atoms with Gasteiger partial charge in [0.25, 0.3) is 0 Å². The first-order chi connectivity index (χ1) is 57.5. The quantitative estimate of drug-likeness (QED) is 0.140. The van der Waals surface area contributed by atoms with Crippen molar-refractivity contribution in [3.63, 3.8) is 0 Å². The van der Waals surface area contributed by atoms with Crippen LogP contribution in [-0.4, -0.2) is 72.8 Å². The Labute approximate surface area is 688 Å². The second-order valence-electron chi connectivity index (χ2n) is 29.4. The summed E-state index contributed by atoms with van der Waals surface area (Å²) in [4.78, 5) is 31.8. The molecule has 0 aliphatic rings. The van der Waals surface area contributed by atoms with E-state index in [1.54, 1.807) is 7.11 Å². The maximum atomic E-state index is 5.16. The Morgan fingerprint density at radius 2 is 0.780 bits per heavy atom. The monoisotopic (exact) mass is 1540 g/mol. The van der Waals surface area contributed by atoms with Crippen molar-refractivity contribution in [3.05, 3.63) is 416 Å². The Hall–Kier alpha value is -14.8. The van der Waals surface area contributed by atoms with E-state index >= 15 is 0 Å². The number of aromatic nitrogens is 14. The molecule has 0 saturated heterocycles. The fraction of sp³-hybridized carbons (Fsp3) is 0.117. The third kappa shape index (κ3) is 18.7. The highest BCUT2D eigenvalue weighted by molar-refractivity contribution is 5.72. The van der Waals surface area contributed by atoms with Crippen molar-refractivity contribution in [1.82, 2.24) is 65.7 Å². The standard InChI is InChI=1S/C15H14N2O.4C15H14N2.2C14H12N2/c1-11-4-3-9-17-10-14(16-15(11)17)12-5-7-13(18-2)8-6-12;1-11-3-5-13(6-4-11)14-7-8-15-16-12(2)9-17(15)10-14;1-11-8-14(13-6-4-3-5-7-13)17-10-12(2)16-15(17)9-11;1-11-8-12(2)15-16-14(10-17(15)9-11)13-6-4-3-5-7-13;1-2-14-11-17-9-8-13(10-15(17)16-14)12-6-4-3-5-7-12;1-11-14(12-7-3-2-4-8-12)16-10-6-5-9-13(16)15-11;1-11-9-16-10-13(7-8-14(16)15-11)12-5-3-2-4-6-12/h3-10H,1-2H3;3*3-10H,1-2H3;3-11H,2H2,1H3;2*2-10H,1H3. The zero-order valence-electron chi connectivity index (χ0n) is 68.4. The lowest BCUT2D eigenvalue weighted by Gasteiger charge is -2.07. The number of hydrogen-bond acceptors (Lipinski definition) is 8. The maximum Gasteiger partial charge on any atom is 0.140 e. The molecule has 0 bridgehead atoms. The number of methoxy groups -OCH3 is 1. The number of hydrogen-bond donors (Lipinski definition) is 0. The van der Waals surface area contributed by atoms with Gasteiger partial charge >= 0.3 is 0 Å². The topological polar surface area (TPSA) is 130 Å². The molecule has 0 N–H and O–H groups in total. The van der Waals surface area contributed by atoms with E-state index in [0.717, 1.165) is 103 Å². The molecule has 15 heteroatoms. The van der Waals surface area contributed by atoms with Crippen LogP contribution in [0.4, 0.5) is 0 Å². The lowest BCUT2D eigenvalue weighted by molar-refractivity contribution is 0.415. The largest absolute Gasteiger partial charge is 0.497 e. The van der Waals surface area contributed by atoms with Crippen molar-refractivity contribution < 1.29 is 4.74 Å². The van der Waals surface area contributed by atoms with E-state index < -0.39 is 0 Å². The van der Waals surface area contributed by atoms with Gasteiger partial charge in [-0.05, 0) is 221 Å². The highest BCUT2D eigenvalue weighted by atomic mass is 16.5. The second-order valence-corrected chi connectivity index (χ2v) is 29.4. The molecule has 0 radical (unpaired) electrons. The summed E-state index contributed by atoms with van der Waals surface area (Å²) in [7, 11) is 1.67. The van der Waals surface area contributed by atoms with Crippen molar-refractivity contribution >= 4 is 39.5 Å². The summed E-state index contributed by atoms with van der Waals surface area (Å²) in [5.41, 5.74) is 35.0. The fourth-order valence-electron chi connectivity index (χ4n) is 14.4. The molecule has 21 aromatic rings. The molecule has 15 nitrogen and oxygen atoms in total. The van der Waals surface area contributed by atoms with E-state index in [-0.39, 0.29) is 0 Å². The molecule has 0 aliphatic carbocycles. The SMILES string of the molecule is CCc1cn2ccc(-c3ccccc3)cc2n1.COc1ccc(-c2cn3cccc(C)c3n2)cc1.Cc1cc(-c2ccccc2)n2cc(C)nc2c1.Cc1cc(C)c2nc(-c3ccccc3)cn2c1.Cc1ccc(-c2ccc3nc(C)cn3c2)cc1.Cc1cn2cc(-c3ccccc3)ccc2n1.Cc1nc2ccccn2c1-c1ccccc1. The molecule has 14 heterocycles. The van der Waals surface area contributed by atoms with E-state index in [4.69, 9.17) is 4.74 Å². The van der Waals surface area contributed by atoms with E-state index in [1.165, 1.54) is 83.7 Å². The molecule has 0 amide bonds. The minimum absolute atomic E-state index is 0.860. The molecule has 14 aromatic heterocycles. The zero-order chi connectivity index (χ0) is 81.6. The Morgan fingerprint density at radius 3 is 1.37 bits per heavy atom. The maximum absolute atomic E-state index is 5.16. The van der Waals surface area contributed by atoms with Crippen LogP contribution in [0.5, 0.6) is 5.75 Å². The van der Waals surface area contributed by atoms with E-state index in [1.807, 2.05) is 137 Å². The minimum Gasteiger partial charge on any atom is -0.497 e. The number of ether oxygens (including phenoxy) is 1. The van der Waals surface area contributed by atoms with Crippen LogP contribution in [0.15, 0.2) is 359 Å². The van der Waals surface area contributed by atoms with Crippen LogP contribution in [-0.2, 0) is 6.42 Å². The lowest BCUT2D eigenvalue weighted by Crippen LogP contribution is -1.91. The summed E-state index contributed by atoms with van der Waals surface area (Å²) in [6, 6.07) is 97.6. The van der Waals surface area contributed by atoms with Gasteiger partial charge in [-0.1, -0.05) is 207 Å².